The topological polar surface area (TPSA) is 102 Å². The van der Waals surface area contributed by atoms with Gasteiger partial charge < -0.3 is 15.4 Å². The Kier molecular flexibility index (Phi) is 9.06. The number of nitrogens with two attached hydrogens (primary N) is 1. The third-order valence-corrected chi connectivity index (χ3v) is 10.3. The van der Waals surface area contributed by atoms with Crippen molar-refractivity contribution in [2.24, 2.45) is 11.7 Å². The van der Waals surface area contributed by atoms with Gasteiger partial charge in [-0.05, 0) is 80.8 Å². The van der Waals surface area contributed by atoms with Crippen molar-refractivity contribution >= 4 is 15.9 Å². The number of hydrogen-bond donors (Lipinski definition) is 2. The van der Waals surface area contributed by atoms with Crippen LogP contribution in [0.25, 0.3) is 0 Å². The van der Waals surface area contributed by atoms with Crippen molar-refractivity contribution < 1.29 is 39.9 Å². The number of rotatable bonds is 9. The molecule has 7 nitrogen and oxygen atoms in total. The predicted octanol–water partition coefficient (Wildman–Crippen LogP) is 5.58. The van der Waals surface area contributed by atoms with E-state index in [-0.39, 0.29) is 10.9 Å². The molecule has 0 spiro atoms. The lowest BCUT2D eigenvalue weighted by molar-refractivity contribution is -0.149. The maximum atomic E-state index is 16.1. The number of hydrogen-bond acceptors (Lipinski definition) is 5. The van der Waals surface area contributed by atoms with Crippen LogP contribution in [0, 0.1) is 5.92 Å². The van der Waals surface area contributed by atoms with Gasteiger partial charge in [-0.2, -0.15) is 26.7 Å². The molecule has 1 aliphatic carbocycles. The SMILES string of the molecule is NC1CC2CCC(C1)N2C(=O)[C@H](NS(=O)(=O)c1ccc(OCC2CCCCC2)cc1)C(F)(F)c1ccc(C(F)(F)F)cc1. The fourth-order valence-corrected chi connectivity index (χ4v) is 7.75. The van der Waals surface area contributed by atoms with Crippen LogP contribution in [0.4, 0.5) is 22.0 Å². The summed E-state index contributed by atoms with van der Waals surface area (Å²) < 4.78 is 106. The summed E-state index contributed by atoms with van der Waals surface area (Å²) in [5, 5.41) is 0. The Balaban J connectivity index is 1.40. The van der Waals surface area contributed by atoms with Gasteiger partial charge >= 0.3 is 6.18 Å². The minimum atomic E-state index is -4.76. The lowest BCUT2D eigenvalue weighted by Gasteiger charge is -2.41. The van der Waals surface area contributed by atoms with Gasteiger partial charge in [-0.25, -0.2) is 8.42 Å². The van der Waals surface area contributed by atoms with Crippen LogP contribution in [0.1, 0.15) is 68.9 Å². The molecule has 3 N–H and O–H groups in total. The van der Waals surface area contributed by atoms with Crippen LogP contribution >= 0.6 is 0 Å². The molecular weight excluding hydrogens is 593 g/mol. The van der Waals surface area contributed by atoms with Crippen molar-refractivity contribution in [3.05, 3.63) is 59.7 Å². The number of halogens is 5. The summed E-state index contributed by atoms with van der Waals surface area (Å²) in [7, 11) is -4.68. The molecule has 43 heavy (non-hydrogen) atoms. The normalized spacial score (nSPS) is 24.1. The predicted molar refractivity (Wildman–Crippen MR) is 149 cm³/mol. The Morgan fingerprint density at radius 2 is 1.44 bits per heavy atom. The number of sulfonamides is 1. The van der Waals surface area contributed by atoms with Crippen molar-refractivity contribution in [1.29, 1.82) is 0 Å². The van der Waals surface area contributed by atoms with E-state index in [2.05, 4.69) is 0 Å². The molecule has 1 saturated carbocycles. The fraction of sp³-hybridized carbons (Fsp3) is 0.567. The molecule has 2 aromatic rings. The lowest BCUT2D eigenvalue weighted by atomic mass is 9.90. The van der Waals surface area contributed by atoms with Gasteiger partial charge in [0.25, 0.3) is 5.92 Å². The van der Waals surface area contributed by atoms with E-state index in [1.54, 1.807) is 0 Å². The zero-order chi connectivity index (χ0) is 31.0. The first-order chi connectivity index (χ1) is 20.3. The molecule has 2 unspecified atom stereocenters. The number of benzene rings is 2. The minimum Gasteiger partial charge on any atom is -0.493 e. The Hall–Kier alpha value is -2.77. The Morgan fingerprint density at radius 3 is 2.00 bits per heavy atom. The highest BCUT2D eigenvalue weighted by Crippen LogP contribution is 2.41. The second-order valence-electron chi connectivity index (χ2n) is 11.9. The summed E-state index contributed by atoms with van der Waals surface area (Å²) in [6.45, 7) is 0.488. The van der Waals surface area contributed by atoms with E-state index in [0.29, 0.717) is 68.2 Å². The van der Waals surface area contributed by atoms with Crippen LogP contribution in [0.2, 0.25) is 0 Å². The molecule has 2 aromatic carbocycles. The van der Waals surface area contributed by atoms with Crippen LogP contribution < -0.4 is 15.2 Å². The zero-order valence-corrected chi connectivity index (χ0v) is 24.3. The van der Waals surface area contributed by atoms with E-state index in [9.17, 15) is 26.4 Å². The van der Waals surface area contributed by atoms with Crippen LogP contribution in [-0.2, 0) is 26.9 Å². The van der Waals surface area contributed by atoms with Gasteiger partial charge in [0.1, 0.15) is 5.75 Å². The summed E-state index contributed by atoms with van der Waals surface area (Å²) in [5.41, 5.74) is 4.00. The van der Waals surface area contributed by atoms with E-state index >= 15 is 8.78 Å². The molecule has 1 amide bonds. The van der Waals surface area contributed by atoms with E-state index in [1.165, 1.54) is 35.6 Å². The number of nitrogens with zero attached hydrogens (tertiary/aromatic N) is 1. The first-order valence-electron chi connectivity index (χ1n) is 14.6. The third-order valence-electron chi connectivity index (χ3n) is 8.85. The van der Waals surface area contributed by atoms with Crippen LogP contribution in [0.5, 0.6) is 5.75 Å². The van der Waals surface area contributed by atoms with Crippen molar-refractivity contribution in [2.75, 3.05) is 6.61 Å². The molecule has 13 heteroatoms. The largest absolute Gasteiger partial charge is 0.493 e. The first kappa shape index (κ1) is 31.6. The summed E-state index contributed by atoms with van der Waals surface area (Å²) in [6, 6.07) is 3.68. The van der Waals surface area contributed by atoms with Crippen molar-refractivity contribution in [2.45, 2.75) is 98.9 Å². The molecule has 0 radical (unpaired) electrons. The number of carbonyl (C=O) groups excluding carboxylic acids is 1. The average Bonchev–Trinajstić information content (AvgIpc) is 3.25. The van der Waals surface area contributed by atoms with Gasteiger partial charge in [0, 0.05) is 23.7 Å². The maximum absolute atomic E-state index is 16.1. The molecule has 3 atom stereocenters. The molecule has 236 valence electrons. The highest BCUT2D eigenvalue weighted by atomic mass is 32.2. The van der Waals surface area contributed by atoms with Gasteiger partial charge in [-0.15, -0.1) is 0 Å². The summed E-state index contributed by atoms with van der Waals surface area (Å²) >= 11 is 0. The number of carbonyl (C=O) groups is 1. The summed E-state index contributed by atoms with van der Waals surface area (Å²) in [5.74, 6) is -4.48. The molecule has 2 aliphatic heterocycles. The lowest BCUT2D eigenvalue weighted by Crippen LogP contribution is -2.60. The Bertz CT molecular complexity index is 1370. The van der Waals surface area contributed by atoms with Gasteiger partial charge in [0.15, 0.2) is 6.04 Å². The number of alkyl halides is 5. The highest BCUT2D eigenvalue weighted by Gasteiger charge is 2.53. The number of ether oxygens (including phenoxy) is 1. The van der Waals surface area contributed by atoms with Crippen LogP contribution in [0.15, 0.2) is 53.4 Å². The molecule has 2 saturated heterocycles. The second-order valence-corrected chi connectivity index (χ2v) is 13.6. The first-order valence-corrected chi connectivity index (χ1v) is 16.1. The van der Waals surface area contributed by atoms with E-state index in [1.807, 2.05) is 4.72 Å². The molecule has 0 aromatic heterocycles. The molecule has 2 heterocycles. The third kappa shape index (κ3) is 6.99. The van der Waals surface area contributed by atoms with Gasteiger partial charge in [0.05, 0.1) is 17.1 Å². The van der Waals surface area contributed by atoms with Gasteiger partial charge in [0.2, 0.25) is 15.9 Å². The fourth-order valence-electron chi connectivity index (χ4n) is 6.56. The Labute approximate surface area is 248 Å². The molecular formula is C30H36F5N3O4S. The number of amides is 1. The molecule has 3 aliphatic rings. The summed E-state index contributed by atoms with van der Waals surface area (Å²) in [6.07, 6.45) is 2.68. The minimum absolute atomic E-state index is 0.217. The quantitative estimate of drug-likeness (QED) is 0.353. The molecule has 2 bridgehead atoms. The highest BCUT2D eigenvalue weighted by molar-refractivity contribution is 7.89. The zero-order valence-electron chi connectivity index (χ0n) is 23.5. The van der Waals surface area contributed by atoms with Crippen molar-refractivity contribution in [1.82, 2.24) is 9.62 Å². The summed E-state index contributed by atoms with van der Waals surface area (Å²) in [4.78, 5) is 14.7. The number of fused-ring (bicyclic) bond motifs is 2. The average molecular weight is 630 g/mol. The number of nitrogens with one attached hydrogen (secondary N) is 1. The van der Waals surface area contributed by atoms with Crippen molar-refractivity contribution in [3.63, 3.8) is 0 Å². The van der Waals surface area contributed by atoms with E-state index in [4.69, 9.17) is 10.5 Å². The van der Waals surface area contributed by atoms with Gasteiger partial charge in [-0.3, -0.25) is 4.79 Å². The van der Waals surface area contributed by atoms with Gasteiger partial charge in [-0.1, -0.05) is 31.4 Å². The van der Waals surface area contributed by atoms with E-state index in [0.717, 1.165) is 25.7 Å². The number of piperidine rings is 1. The standard InChI is InChI=1S/C30H36F5N3O4S/c31-29(32,20-6-8-21(9-7-20)30(33,34)35)27(28(39)38-23-10-11-24(38)17-22(36)16-23)37-43(40,41)26-14-12-25(13-15-26)42-18-19-4-2-1-3-5-19/h6-9,12-15,19,22-24,27,37H,1-5,10-11,16-18,36H2/t22?,23?,24?,27-/m0/s1. The Morgan fingerprint density at radius 1 is 0.884 bits per heavy atom. The monoisotopic (exact) mass is 629 g/mol. The van der Waals surface area contributed by atoms with Crippen LogP contribution in [-0.4, -0.2) is 50.0 Å². The second kappa shape index (κ2) is 12.3. The molecule has 3 fully saturated rings. The van der Waals surface area contributed by atoms with E-state index < -0.39 is 57.3 Å². The van der Waals surface area contributed by atoms with Crippen molar-refractivity contribution in [3.8, 4) is 5.75 Å². The smallest absolute Gasteiger partial charge is 0.416 e. The molecule has 5 rings (SSSR count). The van der Waals surface area contributed by atoms with Crippen LogP contribution in [0.3, 0.4) is 0 Å². The maximum Gasteiger partial charge on any atom is 0.416 e.